The van der Waals surface area contributed by atoms with Crippen LogP contribution in [0.3, 0.4) is 0 Å². The number of hydrogen-bond donors (Lipinski definition) is 4. The van der Waals surface area contributed by atoms with E-state index in [1.54, 1.807) is 36.4 Å². The molecule has 0 fully saturated rings. The topological polar surface area (TPSA) is 174 Å². The van der Waals surface area contributed by atoms with Crippen molar-refractivity contribution >= 4 is 56.6 Å². The van der Waals surface area contributed by atoms with Crippen LogP contribution >= 0.6 is 11.6 Å². The van der Waals surface area contributed by atoms with Crippen LogP contribution in [0.1, 0.15) is 28.4 Å². The molecule has 0 aliphatic carbocycles. The summed E-state index contributed by atoms with van der Waals surface area (Å²) in [6.45, 7) is 2.07. The lowest BCUT2D eigenvalue weighted by molar-refractivity contribution is 0.102. The van der Waals surface area contributed by atoms with Gasteiger partial charge in [0.25, 0.3) is 15.9 Å². The quantitative estimate of drug-likeness (QED) is 0.0952. The molecule has 0 spiro atoms. The smallest absolute Gasteiger partial charge is 0.323 e. The van der Waals surface area contributed by atoms with E-state index < -0.39 is 15.9 Å². The molecule has 4 aromatic carbocycles. The molecule has 0 atom stereocenters. The Morgan fingerprint density at radius 1 is 0.848 bits per heavy atom. The molecule has 0 aliphatic heterocycles. The third kappa shape index (κ3) is 9.00. The van der Waals surface area contributed by atoms with Crippen LogP contribution < -0.4 is 26.4 Å². The summed E-state index contributed by atoms with van der Waals surface area (Å²) in [6, 6.07) is 29.5. The van der Waals surface area contributed by atoms with Crippen LogP contribution in [0, 0.1) is 0 Å². The fourth-order valence-electron chi connectivity index (χ4n) is 4.08. The van der Waals surface area contributed by atoms with Gasteiger partial charge in [0, 0.05) is 28.5 Å². The minimum Gasteiger partial charge on any atom is -0.458 e. The molecule has 12 nitrogen and oxygen atoms in total. The predicted octanol–water partition coefficient (Wildman–Crippen LogP) is 5.78. The van der Waals surface area contributed by atoms with Gasteiger partial charge in [-0.25, -0.2) is 0 Å². The van der Waals surface area contributed by atoms with E-state index in [1.165, 1.54) is 31.2 Å². The normalized spacial score (nSPS) is 11.5. The monoisotopic (exact) mass is 656 g/mol. The molecule has 0 saturated carbocycles. The van der Waals surface area contributed by atoms with Crippen molar-refractivity contribution in [3.05, 3.63) is 125 Å². The number of hydrogen-bond acceptors (Lipinski definition) is 9. The summed E-state index contributed by atoms with van der Waals surface area (Å²) in [4.78, 5) is 26.3. The van der Waals surface area contributed by atoms with Crippen molar-refractivity contribution in [1.29, 1.82) is 0 Å². The molecule has 5 N–H and O–H groups in total. The maximum atomic E-state index is 13.0. The number of carbonyl (C=O) groups excluding carboxylic acids is 1. The minimum atomic E-state index is -3.93. The van der Waals surface area contributed by atoms with Crippen LogP contribution in [0.5, 0.6) is 6.01 Å². The summed E-state index contributed by atoms with van der Waals surface area (Å²) >= 11 is 6.01. The number of nitrogens with zero attached hydrogens (tertiary/aromatic N) is 4. The van der Waals surface area contributed by atoms with Gasteiger partial charge < -0.3 is 26.4 Å². The second-order valence-electron chi connectivity index (χ2n) is 9.91. The van der Waals surface area contributed by atoms with E-state index in [-0.39, 0.29) is 35.2 Å². The summed E-state index contributed by atoms with van der Waals surface area (Å²) in [7, 11) is -3.93. The second-order valence-corrected chi connectivity index (χ2v) is 12.0. The van der Waals surface area contributed by atoms with Gasteiger partial charge in [0.15, 0.2) is 0 Å². The molecule has 234 valence electrons. The highest BCUT2D eigenvalue weighted by atomic mass is 35.5. The Kier molecular flexibility index (Phi) is 10.0. The molecule has 1 aromatic heterocycles. The molecule has 14 heteroatoms. The summed E-state index contributed by atoms with van der Waals surface area (Å²) in [5.74, 6) is -0.0177. The van der Waals surface area contributed by atoms with E-state index in [1.807, 2.05) is 42.5 Å². The van der Waals surface area contributed by atoms with E-state index in [9.17, 15) is 13.2 Å². The highest BCUT2D eigenvalue weighted by Gasteiger charge is 2.14. The molecule has 0 radical (unpaired) electrons. The van der Waals surface area contributed by atoms with Crippen LogP contribution in [-0.2, 0) is 23.2 Å². The Bertz CT molecular complexity index is 1950. The van der Waals surface area contributed by atoms with Gasteiger partial charge in [0.2, 0.25) is 11.9 Å². The standard InChI is InChI=1S/C32H29ClN8O4S/c1-21(34)41-46(43,44)28-16-14-26(15-17-28)36-29(42)24-8-5-9-27(18-24)37-31-38-30(35-19-22-10-12-25(33)13-11-22)39-32(40-31)45-20-23-6-3-2-4-7-23/h2-18H,19-20H2,1H3,(H2,34,41)(H,36,42)(H2,35,37,38,39,40). The summed E-state index contributed by atoms with van der Waals surface area (Å²) in [6.07, 6.45) is 0. The molecule has 5 rings (SSSR count). The number of rotatable bonds is 12. The van der Waals surface area contributed by atoms with Crippen molar-refractivity contribution in [3.63, 3.8) is 0 Å². The van der Waals surface area contributed by atoms with E-state index in [0.717, 1.165) is 11.1 Å². The highest BCUT2D eigenvalue weighted by molar-refractivity contribution is 7.90. The lowest BCUT2D eigenvalue weighted by Crippen LogP contribution is -2.13. The SMILES string of the molecule is CC(N)=NS(=O)(=O)c1ccc(NC(=O)c2cccc(Nc3nc(NCc4ccc(Cl)cc4)nc(OCc4ccccc4)n3)c2)cc1. The van der Waals surface area contributed by atoms with Crippen molar-refractivity contribution in [2.24, 2.45) is 10.1 Å². The van der Waals surface area contributed by atoms with E-state index in [0.29, 0.717) is 28.5 Å². The number of ether oxygens (including phenoxy) is 1. The molecule has 5 aromatic rings. The summed E-state index contributed by atoms with van der Waals surface area (Å²) in [5.41, 5.74) is 8.59. The molecule has 1 heterocycles. The van der Waals surface area contributed by atoms with Gasteiger partial charge in [0.1, 0.15) is 12.4 Å². The van der Waals surface area contributed by atoms with Crippen LogP contribution in [0.2, 0.25) is 5.02 Å². The van der Waals surface area contributed by atoms with E-state index in [2.05, 4.69) is 35.3 Å². The number of halogens is 1. The number of aromatic nitrogens is 3. The Hall–Kier alpha value is -5.53. The fourth-order valence-corrected chi connectivity index (χ4v) is 5.18. The van der Waals surface area contributed by atoms with Crippen molar-refractivity contribution < 1.29 is 17.9 Å². The zero-order valence-corrected chi connectivity index (χ0v) is 26.1. The number of amidine groups is 1. The Morgan fingerprint density at radius 3 is 2.28 bits per heavy atom. The first-order valence-electron chi connectivity index (χ1n) is 13.9. The van der Waals surface area contributed by atoms with Gasteiger partial charge in [0.05, 0.1) is 4.90 Å². The molecule has 0 saturated heterocycles. The number of carbonyl (C=O) groups is 1. The number of benzene rings is 4. The van der Waals surface area contributed by atoms with Crippen LogP contribution in [0.4, 0.5) is 23.3 Å². The maximum absolute atomic E-state index is 13.0. The first-order chi connectivity index (χ1) is 22.1. The second kappa shape index (κ2) is 14.5. The first kappa shape index (κ1) is 31.9. The third-order valence-corrected chi connectivity index (χ3v) is 7.89. The molecule has 0 unspecified atom stereocenters. The number of anilines is 4. The molecule has 0 aliphatic rings. The van der Waals surface area contributed by atoms with Crippen molar-refractivity contribution in [3.8, 4) is 6.01 Å². The number of nitrogens with two attached hydrogens (primary N) is 1. The zero-order valence-electron chi connectivity index (χ0n) is 24.5. The van der Waals surface area contributed by atoms with Crippen LogP contribution in [0.15, 0.2) is 112 Å². The van der Waals surface area contributed by atoms with Crippen molar-refractivity contribution in [1.82, 2.24) is 15.0 Å². The maximum Gasteiger partial charge on any atom is 0.323 e. The van der Waals surface area contributed by atoms with Gasteiger partial charge >= 0.3 is 6.01 Å². The number of sulfonamides is 1. The number of amides is 1. The zero-order chi connectivity index (χ0) is 32.5. The van der Waals surface area contributed by atoms with Gasteiger partial charge in [-0.3, -0.25) is 4.79 Å². The van der Waals surface area contributed by atoms with Crippen molar-refractivity contribution in [2.45, 2.75) is 25.0 Å². The van der Waals surface area contributed by atoms with Crippen LogP contribution in [0.25, 0.3) is 0 Å². The van der Waals surface area contributed by atoms with Gasteiger partial charge in [-0.05, 0) is 72.6 Å². The third-order valence-electron chi connectivity index (χ3n) is 6.24. The van der Waals surface area contributed by atoms with Gasteiger partial charge in [-0.2, -0.15) is 23.4 Å². The molecule has 46 heavy (non-hydrogen) atoms. The Balaban J connectivity index is 1.31. The Morgan fingerprint density at radius 2 is 1.57 bits per heavy atom. The van der Waals surface area contributed by atoms with Gasteiger partial charge in [-0.1, -0.05) is 60.1 Å². The summed E-state index contributed by atoms with van der Waals surface area (Å²) in [5, 5.41) is 9.69. The van der Waals surface area contributed by atoms with Crippen molar-refractivity contribution in [2.75, 3.05) is 16.0 Å². The van der Waals surface area contributed by atoms with E-state index in [4.69, 9.17) is 22.1 Å². The minimum absolute atomic E-state index is 0.0482. The Labute approximate surface area is 270 Å². The van der Waals surface area contributed by atoms with Crippen LogP contribution in [-0.4, -0.2) is 35.1 Å². The average Bonchev–Trinajstić information content (AvgIpc) is 3.04. The highest BCUT2D eigenvalue weighted by Crippen LogP contribution is 2.21. The fraction of sp³-hybridized carbons (Fsp3) is 0.0938. The lowest BCUT2D eigenvalue weighted by atomic mass is 10.2. The molecule has 0 bridgehead atoms. The molecular formula is C32H29ClN8O4S. The first-order valence-corrected chi connectivity index (χ1v) is 15.7. The molecular weight excluding hydrogens is 628 g/mol. The largest absolute Gasteiger partial charge is 0.458 e. The lowest BCUT2D eigenvalue weighted by Gasteiger charge is -2.12. The van der Waals surface area contributed by atoms with Gasteiger partial charge in [-0.15, -0.1) is 4.40 Å². The molecule has 1 amide bonds. The van der Waals surface area contributed by atoms with E-state index >= 15 is 0 Å². The number of nitrogens with one attached hydrogen (secondary N) is 3. The summed E-state index contributed by atoms with van der Waals surface area (Å²) < 4.78 is 33.8. The predicted molar refractivity (Wildman–Crippen MR) is 178 cm³/mol. The average molecular weight is 657 g/mol.